The van der Waals surface area contributed by atoms with Gasteiger partial charge in [-0.3, -0.25) is 24.0 Å². The Morgan fingerprint density at radius 2 is 0.579 bits per heavy atom. The van der Waals surface area contributed by atoms with Crippen LogP contribution < -0.4 is 28.4 Å². The monoisotopic (exact) mass is 1330 g/mol. The number of aryl methyl sites for hydroxylation is 2. The van der Waals surface area contributed by atoms with Crippen LogP contribution in [0.1, 0.15) is 128 Å². The molecule has 5 aliphatic rings. The van der Waals surface area contributed by atoms with Crippen LogP contribution in [-0.2, 0) is 56.1 Å². The molecule has 0 fully saturated rings. The van der Waals surface area contributed by atoms with E-state index in [1.54, 1.807) is 7.11 Å². The van der Waals surface area contributed by atoms with Gasteiger partial charge in [0, 0.05) is 4.47 Å². The molecule has 5 atom stereocenters. The zero-order valence-corrected chi connectivity index (χ0v) is 55.1. The molecule has 0 spiro atoms. The van der Waals surface area contributed by atoms with Gasteiger partial charge in [0.2, 0.25) is 0 Å². The second-order valence-corrected chi connectivity index (χ2v) is 25.4. The van der Waals surface area contributed by atoms with E-state index in [4.69, 9.17) is 28.4 Å². The van der Waals surface area contributed by atoms with E-state index >= 15 is 0 Å². The number of benzene rings is 10. The largest absolute Gasteiger partial charge is 0.497 e. The molecule has 5 aliphatic heterocycles. The van der Waals surface area contributed by atoms with E-state index in [9.17, 15) is 24.0 Å². The third-order valence-electron chi connectivity index (χ3n) is 17.6. The fourth-order valence-corrected chi connectivity index (χ4v) is 13.1. The topological polar surface area (TPSA) is 141 Å². The van der Waals surface area contributed by atoms with Crippen LogP contribution >= 0.6 is 15.9 Å². The normalized spacial score (nSPS) is 18.3. The maximum atomic E-state index is 11.9. The van der Waals surface area contributed by atoms with E-state index in [0.29, 0.717) is 60.9 Å². The summed E-state index contributed by atoms with van der Waals surface area (Å²) in [6, 6.07) is 81.8. The molecule has 0 aromatic heterocycles. The summed E-state index contributed by atoms with van der Waals surface area (Å²) in [4.78, 5) is 59.4. The molecular weight excluding hydrogens is 1250 g/mol. The molecule has 0 N–H and O–H groups in total. The second kappa shape index (κ2) is 32.1. The molecule has 5 heterocycles. The van der Waals surface area contributed by atoms with Crippen LogP contribution in [0.4, 0.5) is 0 Å². The first-order valence-electron chi connectivity index (χ1n) is 32.3. The number of hydrogen-bond acceptors (Lipinski definition) is 11. The fourth-order valence-electron chi connectivity index (χ4n) is 12.7. The molecule has 12 heteroatoms. The van der Waals surface area contributed by atoms with Crippen LogP contribution in [0, 0.1) is 13.8 Å². The maximum absolute atomic E-state index is 11.9. The van der Waals surface area contributed by atoms with Gasteiger partial charge in [-0.05, 0) is 186 Å². The van der Waals surface area contributed by atoms with Gasteiger partial charge >= 0.3 is 29.8 Å². The smallest absolute Gasteiger partial charge is 0.311 e. The Labute approximate surface area is 564 Å². The molecule has 11 nitrogen and oxygen atoms in total. The van der Waals surface area contributed by atoms with Crippen molar-refractivity contribution in [3.63, 3.8) is 0 Å². The number of halogens is 1. The summed E-state index contributed by atoms with van der Waals surface area (Å²) in [5.41, 5.74) is 13.9. The van der Waals surface area contributed by atoms with Gasteiger partial charge in [0.1, 0.15) is 34.5 Å². The van der Waals surface area contributed by atoms with Crippen molar-refractivity contribution in [2.24, 2.45) is 0 Å². The van der Waals surface area contributed by atoms with Crippen LogP contribution in [0.15, 0.2) is 253 Å². The van der Waals surface area contributed by atoms with Crippen LogP contribution in [0.3, 0.4) is 0 Å². The Morgan fingerprint density at radius 1 is 0.284 bits per heavy atom. The number of ether oxygens (including phenoxy) is 6. The van der Waals surface area contributed by atoms with Crippen LogP contribution in [0.2, 0.25) is 0 Å². The number of esters is 5. The van der Waals surface area contributed by atoms with Gasteiger partial charge in [-0.15, -0.1) is 0 Å². The number of carbonyl (C=O) groups excluding carboxylic acids is 5. The van der Waals surface area contributed by atoms with E-state index in [1.807, 2.05) is 182 Å². The summed E-state index contributed by atoms with van der Waals surface area (Å²) in [5.74, 6) is 4.48. The molecule has 0 bridgehead atoms. The molecular formula is C83H75BrO11. The van der Waals surface area contributed by atoms with Gasteiger partial charge in [-0.2, -0.15) is 0 Å². The number of fused-ring (bicyclic) bond motifs is 5. The van der Waals surface area contributed by atoms with Gasteiger partial charge < -0.3 is 28.4 Å². The highest BCUT2D eigenvalue weighted by Gasteiger charge is 2.29. The van der Waals surface area contributed by atoms with E-state index in [2.05, 4.69) is 96.5 Å². The van der Waals surface area contributed by atoms with Gasteiger partial charge in [0.15, 0.2) is 0 Å². The number of para-hydroxylation sites is 5. The van der Waals surface area contributed by atoms with Crippen molar-refractivity contribution in [1.82, 2.24) is 0 Å². The zero-order valence-electron chi connectivity index (χ0n) is 53.5. The average Bonchev–Trinajstić information content (AvgIpc) is 1.91. The Morgan fingerprint density at radius 3 is 0.937 bits per heavy atom. The maximum Gasteiger partial charge on any atom is 0.311 e. The highest BCUT2D eigenvalue weighted by Crippen LogP contribution is 2.39. The summed E-state index contributed by atoms with van der Waals surface area (Å²) < 4.78 is 33.2. The van der Waals surface area contributed by atoms with E-state index in [-0.39, 0.29) is 59.4 Å². The van der Waals surface area contributed by atoms with Crippen molar-refractivity contribution in [1.29, 1.82) is 0 Å². The molecule has 0 aliphatic carbocycles. The van der Waals surface area contributed by atoms with Crippen molar-refractivity contribution in [2.45, 2.75) is 108 Å². The Balaban J connectivity index is 0.000000121. The highest BCUT2D eigenvalue weighted by atomic mass is 79.9. The summed E-state index contributed by atoms with van der Waals surface area (Å²) >= 11 is 3.48. The van der Waals surface area contributed by atoms with Crippen LogP contribution in [0.25, 0.3) is 0 Å². The molecule has 10 aromatic carbocycles. The van der Waals surface area contributed by atoms with Crippen molar-refractivity contribution in [2.75, 3.05) is 7.11 Å². The Hall–Kier alpha value is -10.2. The highest BCUT2D eigenvalue weighted by molar-refractivity contribution is 9.10. The van der Waals surface area contributed by atoms with E-state index < -0.39 is 0 Å². The molecule has 15 rings (SSSR count). The minimum Gasteiger partial charge on any atom is -0.497 e. The van der Waals surface area contributed by atoms with Crippen LogP contribution in [-0.4, -0.2) is 37.0 Å². The Bertz CT molecular complexity index is 4200. The number of methoxy groups -OCH3 is 1. The summed E-state index contributed by atoms with van der Waals surface area (Å²) in [6.45, 7) is 4.15. The van der Waals surface area contributed by atoms with E-state index in [0.717, 1.165) is 75.7 Å². The first-order valence-corrected chi connectivity index (χ1v) is 33.1. The molecule has 95 heavy (non-hydrogen) atoms. The molecule has 0 saturated carbocycles. The molecule has 0 saturated heterocycles. The van der Waals surface area contributed by atoms with Gasteiger partial charge in [0.05, 0.1) is 39.2 Å². The third-order valence-corrected chi connectivity index (χ3v) is 18.1. The van der Waals surface area contributed by atoms with E-state index in [1.165, 1.54) is 33.4 Å². The summed E-state index contributed by atoms with van der Waals surface area (Å²) in [6.07, 6.45) is 6.33. The lowest BCUT2D eigenvalue weighted by Gasteiger charge is -2.14. The first kappa shape index (κ1) is 66.3. The molecule has 0 unspecified atom stereocenters. The van der Waals surface area contributed by atoms with Crippen molar-refractivity contribution < 1.29 is 52.4 Å². The fraction of sp³-hybridized carbons (Fsp3) is 0.217. The molecule has 10 aromatic rings. The van der Waals surface area contributed by atoms with Gasteiger partial charge in [0.25, 0.3) is 0 Å². The number of hydrogen-bond donors (Lipinski definition) is 0. The standard InChI is InChI=1S/C17H16O3.2C17H16O2.C16H13BrO2.C16H14O2/c1-19-15-7-4-6-12(10-15)14-9-13-5-2-3-8-16(13)20-17(18)11-14;1-12-5-4-7-13(9-12)15-10-14-6-2-3-8-16(14)19-17(18)11-15;1-12-6-8-13(9-7-12)15-10-14-4-2-3-5-16(14)19-17(18)11-15;17-14-6-3-5-11(9-14)13-8-12-4-1-2-7-15(12)19-16(18)10-13;17-16-11-14(12-6-2-1-3-7-12)10-13-8-4-5-9-15(13)18-16/h2-8,10,14H,9,11H2,1H3;2*2-9,15H,10-11H2,1H3;1-7,9,13H,8,10H2;1-9,14H,10-11H2/t14-;2*15-;13-;14-/m11111/s1. The predicted octanol–water partition coefficient (Wildman–Crippen LogP) is 18.0. The van der Waals surface area contributed by atoms with Gasteiger partial charge in [-0.1, -0.05) is 221 Å². The third kappa shape index (κ3) is 18.4. The quantitative estimate of drug-likeness (QED) is 0.116. The Kier molecular flexibility index (Phi) is 22.4. The first-order chi connectivity index (χ1) is 46.2. The molecule has 480 valence electrons. The van der Waals surface area contributed by atoms with Crippen molar-refractivity contribution >= 4 is 45.8 Å². The van der Waals surface area contributed by atoms with Crippen molar-refractivity contribution in [3.05, 3.63) is 320 Å². The summed E-state index contributed by atoms with van der Waals surface area (Å²) in [5, 5.41) is 0. The summed E-state index contributed by atoms with van der Waals surface area (Å²) in [7, 11) is 1.65. The SMILES string of the molecule is COc1cccc([C@H]2CC(=O)Oc3ccccc3C2)c1.Cc1ccc([C@H]2CC(=O)Oc3ccccc3C2)cc1.Cc1cccc([C@H]2CC(=O)Oc3ccccc3C2)c1.O=C1C[C@H](c2cccc(Br)c2)Cc2ccccc2O1.O=C1C[C@H](c2ccccc2)Cc2ccccc2O1. The van der Waals surface area contributed by atoms with Gasteiger partial charge in [-0.25, -0.2) is 0 Å². The molecule has 0 amide bonds. The minimum absolute atomic E-state index is 0.126. The predicted molar refractivity (Wildman–Crippen MR) is 372 cm³/mol. The number of carbonyl (C=O) groups is 5. The number of rotatable bonds is 6. The van der Waals surface area contributed by atoms with Crippen molar-refractivity contribution in [3.8, 4) is 34.5 Å². The minimum atomic E-state index is -0.178. The zero-order chi connectivity index (χ0) is 66.0. The lowest BCUT2D eigenvalue weighted by molar-refractivity contribution is -0.135. The second-order valence-electron chi connectivity index (χ2n) is 24.5. The lowest BCUT2D eigenvalue weighted by Crippen LogP contribution is -2.10. The lowest BCUT2D eigenvalue weighted by atomic mass is 9.89. The molecule has 0 radical (unpaired) electrons. The average molecular weight is 1330 g/mol. The van der Waals surface area contributed by atoms with Crippen LogP contribution in [0.5, 0.6) is 34.5 Å².